The van der Waals surface area contributed by atoms with E-state index in [1.54, 1.807) is 0 Å². The molecule has 0 saturated carbocycles. The van der Waals surface area contributed by atoms with Crippen LogP contribution in [0.3, 0.4) is 0 Å². The Balaban J connectivity index is 2.93. The molecule has 3 nitrogen and oxygen atoms in total. The number of ether oxygens (including phenoxy) is 1. The highest BCUT2D eigenvalue weighted by Crippen LogP contribution is 2.18. The molecule has 1 aromatic rings. The number of carbonyl (C=O) groups excluding carboxylic acids is 1. The third kappa shape index (κ3) is 3.23. The van der Waals surface area contributed by atoms with Gasteiger partial charge < -0.3 is 4.74 Å². The number of rotatable bonds is 3. The van der Waals surface area contributed by atoms with Gasteiger partial charge in [-0.1, -0.05) is 0 Å². The summed E-state index contributed by atoms with van der Waals surface area (Å²) in [5.74, 6) is -1.66. The molecule has 0 bridgehead atoms. The zero-order chi connectivity index (χ0) is 11.4. The largest absolute Gasteiger partial charge is 0.469 e. The molecule has 1 heterocycles. The SMILES string of the molecule is COC(=O)Cc1cc(F)nc(C(F)F)c1. The second-order valence-electron chi connectivity index (χ2n) is 2.78. The van der Waals surface area contributed by atoms with Gasteiger partial charge in [0.15, 0.2) is 0 Å². The van der Waals surface area contributed by atoms with Crippen LogP contribution in [0.1, 0.15) is 17.7 Å². The summed E-state index contributed by atoms with van der Waals surface area (Å²) in [5, 5.41) is 0. The number of aromatic nitrogens is 1. The maximum absolute atomic E-state index is 12.7. The molecule has 0 spiro atoms. The van der Waals surface area contributed by atoms with Crippen molar-refractivity contribution in [2.75, 3.05) is 7.11 Å². The summed E-state index contributed by atoms with van der Waals surface area (Å²) in [6.07, 6.45) is -3.12. The number of pyridine rings is 1. The molecule has 1 rings (SSSR count). The Morgan fingerprint density at radius 1 is 1.53 bits per heavy atom. The fourth-order valence-electron chi connectivity index (χ4n) is 1.03. The van der Waals surface area contributed by atoms with Gasteiger partial charge in [-0.25, -0.2) is 13.8 Å². The monoisotopic (exact) mass is 219 g/mol. The predicted octanol–water partition coefficient (Wildman–Crippen LogP) is 1.87. The van der Waals surface area contributed by atoms with Gasteiger partial charge in [0.1, 0.15) is 5.69 Å². The number of nitrogens with zero attached hydrogens (tertiary/aromatic N) is 1. The number of carbonyl (C=O) groups is 1. The van der Waals surface area contributed by atoms with E-state index in [9.17, 15) is 18.0 Å². The normalized spacial score (nSPS) is 10.5. The van der Waals surface area contributed by atoms with Gasteiger partial charge >= 0.3 is 5.97 Å². The van der Waals surface area contributed by atoms with Gasteiger partial charge in [-0.05, 0) is 17.7 Å². The van der Waals surface area contributed by atoms with E-state index in [-0.39, 0.29) is 12.0 Å². The van der Waals surface area contributed by atoms with E-state index < -0.39 is 24.0 Å². The van der Waals surface area contributed by atoms with Crippen molar-refractivity contribution in [3.63, 3.8) is 0 Å². The van der Waals surface area contributed by atoms with E-state index in [1.165, 1.54) is 0 Å². The van der Waals surface area contributed by atoms with Crippen LogP contribution in [-0.4, -0.2) is 18.1 Å². The van der Waals surface area contributed by atoms with E-state index in [0.29, 0.717) is 0 Å². The van der Waals surface area contributed by atoms with Crippen molar-refractivity contribution in [2.45, 2.75) is 12.8 Å². The lowest BCUT2D eigenvalue weighted by atomic mass is 10.1. The maximum atomic E-state index is 12.7. The summed E-state index contributed by atoms with van der Waals surface area (Å²) in [7, 11) is 1.16. The van der Waals surface area contributed by atoms with Crippen LogP contribution in [0.25, 0.3) is 0 Å². The zero-order valence-corrected chi connectivity index (χ0v) is 7.84. The first-order chi connectivity index (χ1) is 7.02. The first kappa shape index (κ1) is 11.5. The Morgan fingerprint density at radius 3 is 2.73 bits per heavy atom. The van der Waals surface area contributed by atoms with Crippen molar-refractivity contribution in [3.8, 4) is 0 Å². The van der Waals surface area contributed by atoms with Crippen LogP contribution in [0.5, 0.6) is 0 Å². The van der Waals surface area contributed by atoms with Crippen LogP contribution >= 0.6 is 0 Å². The van der Waals surface area contributed by atoms with Crippen molar-refractivity contribution < 1.29 is 22.7 Å². The van der Waals surface area contributed by atoms with E-state index in [4.69, 9.17) is 0 Å². The Kier molecular flexibility index (Phi) is 3.65. The predicted molar refractivity (Wildman–Crippen MR) is 44.9 cm³/mol. The van der Waals surface area contributed by atoms with Crippen LogP contribution in [0.2, 0.25) is 0 Å². The van der Waals surface area contributed by atoms with Gasteiger partial charge in [-0.2, -0.15) is 4.39 Å². The Hall–Kier alpha value is -1.59. The first-order valence-corrected chi connectivity index (χ1v) is 4.04. The van der Waals surface area contributed by atoms with Crippen molar-refractivity contribution in [3.05, 3.63) is 29.3 Å². The zero-order valence-electron chi connectivity index (χ0n) is 7.84. The fraction of sp³-hybridized carbons (Fsp3) is 0.333. The van der Waals surface area contributed by atoms with Gasteiger partial charge in [0.25, 0.3) is 6.43 Å². The molecule has 0 saturated heterocycles. The maximum Gasteiger partial charge on any atom is 0.309 e. The van der Waals surface area contributed by atoms with E-state index in [2.05, 4.69) is 9.72 Å². The Bertz CT molecular complexity index is 368. The third-order valence-electron chi connectivity index (χ3n) is 1.67. The topological polar surface area (TPSA) is 39.2 Å². The van der Waals surface area contributed by atoms with E-state index >= 15 is 0 Å². The van der Waals surface area contributed by atoms with E-state index in [0.717, 1.165) is 19.2 Å². The van der Waals surface area contributed by atoms with Crippen molar-refractivity contribution in [1.82, 2.24) is 4.98 Å². The molecule has 0 unspecified atom stereocenters. The lowest BCUT2D eigenvalue weighted by molar-refractivity contribution is -0.139. The van der Waals surface area contributed by atoms with Crippen molar-refractivity contribution in [1.29, 1.82) is 0 Å². The molecule has 6 heteroatoms. The standard InChI is InChI=1S/C9H8F3NO2/c1-15-8(14)4-5-2-6(9(11)12)13-7(10)3-5/h2-3,9H,4H2,1H3. The van der Waals surface area contributed by atoms with Gasteiger partial charge in [0.2, 0.25) is 5.95 Å². The van der Waals surface area contributed by atoms with Crippen LogP contribution in [0.15, 0.2) is 12.1 Å². The van der Waals surface area contributed by atoms with Crippen LogP contribution in [0, 0.1) is 5.95 Å². The second-order valence-corrected chi connectivity index (χ2v) is 2.78. The Morgan fingerprint density at radius 2 is 2.20 bits per heavy atom. The van der Waals surface area contributed by atoms with E-state index in [1.807, 2.05) is 0 Å². The molecular weight excluding hydrogens is 211 g/mol. The highest BCUT2D eigenvalue weighted by Gasteiger charge is 2.13. The molecule has 0 N–H and O–H groups in total. The highest BCUT2D eigenvalue weighted by molar-refractivity contribution is 5.72. The van der Waals surface area contributed by atoms with Gasteiger partial charge in [0, 0.05) is 0 Å². The van der Waals surface area contributed by atoms with Crippen molar-refractivity contribution in [2.24, 2.45) is 0 Å². The summed E-state index contributed by atoms with van der Waals surface area (Å²) < 4.78 is 41.5. The highest BCUT2D eigenvalue weighted by atomic mass is 19.3. The number of methoxy groups -OCH3 is 1. The summed E-state index contributed by atoms with van der Waals surface area (Å²) in [6.45, 7) is 0. The molecule has 1 aromatic heterocycles. The summed E-state index contributed by atoms with van der Waals surface area (Å²) in [5.41, 5.74) is -0.571. The number of halogens is 3. The molecule has 0 aliphatic carbocycles. The quantitative estimate of drug-likeness (QED) is 0.575. The molecule has 0 atom stereocenters. The minimum Gasteiger partial charge on any atom is -0.469 e. The van der Waals surface area contributed by atoms with Gasteiger partial charge in [-0.15, -0.1) is 0 Å². The molecule has 0 radical (unpaired) electrons. The fourth-order valence-corrected chi connectivity index (χ4v) is 1.03. The molecule has 0 aliphatic rings. The van der Waals surface area contributed by atoms with Crippen LogP contribution in [-0.2, 0) is 16.0 Å². The second kappa shape index (κ2) is 4.77. The minimum atomic E-state index is -2.86. The van der Waals surface area contributed by atoms with Crippen LogP contribution in [0.4, 0.5) is 13.2 Å². The Labute approximate surface area is 83.9 Å². The minimum absolute atomic E-state index is 0.115. The average molecular weight is 219 g/mol. The lowest BCUT2D eigenvalue weighted by Gasteiger charge is -2.03. The molecular formula is C9H8F3NO2. The van der Waals surface area contributed by atoms with Crippen LogP contribution < -0.4 is 0 Å². The van der Waals surface area contributed by atoms with Gasteiger partial charge in [-0.3, -0.25) is 4.79 Å². The summed E-state index contributed by atoms with van der Waals surface area (Å²) in [4.78, 5) is 13.8. The number of hydrogen-bond donors (Lipinski definition) is 0. The van der Waals surface area contributed by atoms with Gasteiger partial charge in [0.05, 0.1) is 13.5 Å². The number of hydrogen-bond acceptors (Lipinski definition) is 3. The summed E-state index contributed by atoms with van der Waals surface area (Å²) in [6, 6.07) is 1.90. The van der Waals surface area contributed by atoms with Crippen molar-refractivity contribution >= 4 is 5.97 Å². The molecule has 15 heavy (non-hydrogen) atoms. The molecule has 82 valence electrons. The smallest absolute Gasteiger partial charge is 0.309 e. The average Bonchev–Trinajstić information content (AvgIpc) is 2.16. The summed E-state index contributed by atoms with van der Waals surface area (Å²) >= 11 is 0. The molecule has 0 aliphatic heterocycles. The molecule has 0 aromatic carbocycles. The lowest BCUT2D eigenvalue weighted by Crippen LogP contribution is -2.06. The third-order valence-corrected chi connectivity index (χ3v) is 1.67. The number of esters is 1. The number of alkyl halides is 2. The molecule has 0 fully saturated rings. The molecule has 0 amide bonds. The first-order valence-electron chi connectivity index (χ1n) is 4.04.